The van der Waals surface area contributed by atoms with Gasteiger partial charge in [-0.25, -0.2) is 0 Å². The van der Waals surface area contributed by atoms with Gasteiger partial charge in [-0.3, -0.25) is 19.3 Å². The Morgan fingerprint density at radius 3 is 2.15 bits per heavy atom. The van der Waals surface area contributed by atoms with E-state index in [0.717, 1.165) is 25.7 Å². The minimum absolute atomic E-state index is 0.0682. The molecule has 0 radical (unpaired) electrons. The van der Waals surface area contributed by atoms with Crippen molar-refractivity contribution in [2.75, 3.05) is 6.54 Å². The summed E-state index contributed by atoms with van der Waals surface area (Å²) in [6, 6.07) is 7.16. The van der Waals surface area contributed by atoms with Gasteiger partial charge in [0.2, 0.25) is 0 Å². The Morgan fingerprint density at radius 2 is 1.67 bits per heavy atom. The smallest absolute Gasteiger partial charge is 0.307 e. The van der Waals surface area contributed by atoms with Crippen LogP contribution in [-0.4, -0.2) is 46.4 Å². The molecule has 2 aliphatic rings. The summed E-state index contributed by atoms with van der Waals surface area (Å²) in [5.41, 5.74) is 1.00. The van der Waals surface area contributed by atoms with E-state index in [1.54, 1.807) is 24.3 Å². The quantitative estimate of drug-likeness (QED) is 0.719. The average molecular weight is 372 g/mol. The van der Waals surface area contributed by atoms with E-state index in [-0.39, 0.29) is 29.8 Å². The molecule has 3 rings (SSSR count). The highest BCUT2D eigenvalue weighted by Crippen LogP contribution is 2.31. The Balaban J connectivity index is 1.53. The molecule has 1 saturated carbocycles. The highest BCUT2D eigenvalue weighted by molar-refractivity contribution is 6.21. The molecule has 6 heteroatoms. The molecule has 1 unspecified atom stereocenters. The molecule has 6 nitrogen and oxygen atoms in total. The molecule has 0 saturated heterocycles. The first-order valence-electron chi connectivity index (χ1n) is 9.81. The van der Waals surface area contributed by atoms with Crippen molar-refractivity contribution in [2.45, 2.75) is 58.0 Å². The normalized spacial score (nSPS) is 23.6. The largest absolute Gasteiger partial charge is 0.481 e. The van der Waals surface area contributed by atoms with Crippen molar-refractivity contribution in [2.24, 2.45) is 11.8 Å². The number of carbonyl (C=O) groups is 3. The molecule has 1 aliphatic carbocycles. The molecule has 27 heavy (non-hydrogen) atoms. The third kappa shape index (κ3) is 4.21. The molecule has 1 aromatic carbocycles. The van der Waals surface area contributed by atoms with Crippen molar-refractivity contribution in [3.63, 3.8) is 0 Å². The fraction of sp³-hybridized carbons (Fsp3) is 0.571. The van der Waals surface area contributed by atoms with Crippen LogP contribution in [0.3, 0.4) is 0 Å². The summed E-state index contributed by atoms with van der Waals surface area (Å²) in [6.07, 6.45) is 3.85. The van der Waals surface area contributed by atoms with Crippen molar-refractivity contribution < 1.29 is 19.5 Å². The number of fused-ring (bicyclic) bond motifs is 1. The maximum atomic E-state index is 12.6. The number of aliphatic carboxylic acids is 1. The number of hydrogen-bond acceptors (Lipinski definition) is 4. The van der Waals surface area contributed by atoms with Crippen LogP contribution in [0.2, 0.25) is 0 Å². The first-order chi connectivity index (χ1) is 12.9. The number of hydrogen-bond donors (Lipinski definition) is 2. The van der Waals surface area contributed by atoms with Crippen LogP contribution in [0.15, 0.2) is 24.3 Å². The van der Waals surface area contributed by atoms with Crippen LogP contribution in [0.1, 0.15) is 66.7 Å². The molecule has 2 amide bonds. The molecule has 146 valence electrons. The standard InChI is InChI=1S/C21H28N2O4/c1-13(2)11-14(21(26)27)12-22-15-7-9-16(10-8-15)23-19(24)17-5-3-4-6-18(17)20(23)25/h3-6,13-16,22H,7-12H2,1-2H3,(H,26,27). The van der Waals surface area contributed by atoms with Crippen molar-refractivity contribution in [3.8, 4) is 0 Å². The zero-order valence-corrected chi connectivity index (χ0v) is 16.0. The third-order valence-corrected chi connectivity index (χ3v) is 5.65. The van der Waals surface area contributed by atoms with Gasteiger partial charge in [0, 0.05) is 18.6 Å². The van der Waals surface area contributed by atoms with Crippen LogP contribution in [0, 0.1) is 11.8 Å². The molecule has 1 atom stereocenters. The fourth-order valence-electron chi connectivity index (χ4n) is 4.23. The number of carboxylic acids is 1. The lowest BCUT2D eigenvalue weighted by Crippen LogP contribution is -2.46. The number of nitrogens with zero attached hydrogens (tertiary/aromatic N) is 1. The lowest BCUT2D eigenvalue weighted by molar-refractivity contribution is -0.142. The van der Waals surface area contributed by atoms with Gasteiger partial charge in [0.25, 0.3) is 11.8 Å². The Hall–Kier alpha value is -2.21. The summed E-state index contributed by atoms with van der Waals surface area (Å²) in [7, 11) is 0. The van der Waals surface area contributed by atoms with Crippen molar-refractivity contribution in [1.29, 1.82) is 0 Å². The van der Waals surface area contributed by atoms with Crippen LogP contribution < -0.4 is 5.32 Å². The summed E-state index contributed by atoms with van der Waals surface area (Å²) in [4.78, 5) is 38.0. The van der Waals surface area contributed by atoms with E-state index in [1.807, 2.05) is 13.8 Å². The van der Waals surface area contributed by atoms with Gasteiger partial charge >= 0.3 is 5.97 Å². The Labute approximate surface area is 159 Å². The first-order valence-corrected chi connectivity index (χ1v) is 9.81. The zero-order valence-electron chi connectivity index (χ0n) is 16.0. The Bertz CT molecular complexity index is 688. The van der Waals surface area contributed by atoms with E-state index in [2.05, 4.69) is 5.32 Å². The van der Waals surface area contributed by atoms with E-state index >= 15 is 0 Å². The van der Waals surface area contributed by atoms with E-state index < -0.39 is 5.97 Å². The number of amides is 2. The predicted octanol–water partition coefficient (Wildman–Crippen LogP) is 2.93. The first kappa shape index (κ1) is 19.5. The summed E-state index contributed by atoms with van der Waals surface area (Å²) in [5.74, 6) is -1.16. The molecular formula is C21H28N2O4. The molecule has 1 fully saturated rings. The fourth-order valence-corrected chi connectivity index (χ4v) is 4.23. The molecule has 0 aromatic heterocycles. The minimum Gasteiger partial charge on any atom is -0.481 e. The topological polar surface area (TPSA) is 86.7 Å². The molecular weight excluding hydrogens is 344 g/mol. The van der Waals surface area contributed by atoms with Crippen LogP contribution in [0.5, 0.6) is 0 Å². The SMILES string of the molecule is CC(C)CC(CNC1CCC(N2C(=O)c3ccccc3C2=O)CC1)C(=O)O. The second-order valence-electron chi connectivity index (χ2n) is 8.10. The summed E-state index contributed by atoms with van der Waals surface area (Å²) >= 11 is 0. The number of rotatable bonds is 7. The second-order valence-corrected chi connectivity index (χ2v) is 8.10. The highest BCUT2D eigenvalue weighted by atomic mass is 16.4. The van der Waals surface area contributed by atoms with Crippen LogP contribution >= 0.6 is 0 Å². The van der Waals surface area contributed by atoms with Gasteiger partial charge in [0.05, 0.1) is 17.0 Å². The number of imide groups is 1. The third-order valence-electron chi connectivity index (χ3n) is 5.65. The second kappa shape index (κ2) is 8.21. The van der Waals surface area contributed by atoms with Crippen molar-refractivity contribution in [1.82, 2.24) is 10.2 Å². The maximum absolute atomic E-state index is 12.6. The molecule has 1 aromatic rings. The van der Waals surface area contributed by atoms with Gasteiger partial charge in [-0.15, -0.1) is 0 Å². The molecule has 2 N–H and O–H groups in total. The Kier molecular flexibility index (Phi) is 5.95. The van der Waals surface area contributed by atoms with Gasteiger partial charge in [-0.1, -0.05) is 26.0 Å². The lowest BCUT2D eigenvalue weighted by Gasteiger charge is -2.34. The van der Waals surface area contributed by atoms with E-state index in [1.165, 1.54) is 4.90 Å². The van der Waals surface area contributed by atoms with Crippen LogP contribution in [0.4, 0.5) is 0 Å². The van der Waals surface area contributed by atoms with Crippen molar-refractivity contribution in [3.05, 3.63) is 35.4 Å². The average Bonchev–Trinajstić information content (AvgIpc) is 2.90. The van der Waals surface area contributed by atoms with Gasteiger partial charge < -0.3 is 10.4 Å². The van der Waals surface area contributed by atoms with E-state index in [9.17, 15) is 19.5 Å². The molecule has 0 bridgehead atoms. The predicted molar refractivity (Wildman–Crippen MR) is 102 cm³/mol. The lowest BCUT2D eigenvalue weighted by atomic mass is 9.89. The van der Waals surface area contributed by atoms with Gasteiger partial charge in [-0.2, -0.15) is 0 Å². The minimum atomic E-state index is -0.754. The van der Waals surface area contributed by atoms with Crippen molar-refractivity contribution >= 4 is 17.8 Å². The highest BCUT2D eigenvalue weighted by Gasteiger charge is 2.40. The summed E-state index contributed by atoms with van der Waals surface area (Å²) in [6.45, 7) is 4.53. The number of carboxylic acid groups (broad SMARTS) is 1. The van der Waals surface area contributed by atoms with E-state index in [0.29, 0.717) is 30.0 Å². The zero-order chi connectivity index (χ0) is 19.6. The number of nitrogens with one attached hydrogen (secondary N) is 1. The molecule has 1 heterocycles. The monoisotopic (exact) mass is 372 g/mol. The summed E-state index contributed by atoms with van der Waals surface area (Å²) < 4.78 is 0. The number of carbonyl (C=O) groups excluding carboxylic acids is 2. The van der Waals surface area contributed by atoms with Crippen LogP contribution in [0.25, 0.3) is 0 Å². The van der Waals surface area contributed by atoms with Crippen LogP contribution in [-0.2, 0) is 4.79 Å². The molecule has 0 spiro atoms. The van der Waals surface area contributed by atoms with E-state index in [4.69, 9.17) is 0 Å². The summed E-state index contributed by atoms with van der Waals surface area (Å²) in [5, 5.41) is 12.7. The molecule has 1 aliphatic heterocycles. The maximum Gasteiger partial charge on any atom is 0.307 e. The van der Waals surface area contributed by atoms with Gasteiger partial charge in [0.1, 0.15) is 0 Å². The van der Waals surface area contributed by atoms with Gasteiger partial charge in [-0.05, 0) is 50.2 Å². The number of benzene rings is 1. The Morgan fingerprint density at radius 1 is 1.11 bits per heavy atom. The van der Waals surface area contributed by atoms with Gasteiger partial charge in [0.15, 0.2) is 0 Å².